The predicted molar refractivity (Wildman–Crippen MR) is 157 cm³/mol. The first-order chi connectivity index (χ1) is 18.5. The third-order valence-electron chi connectivity index (χ3n) is 6.95. The Morgan fingerprint density at radius 3 is 2.26 bits per heavy atom. The number of aromatic nitrogens is 1. The zero-order valence-corrected chi connectivity index (χ0v) is 22.3. The van der Waals surface area contributed by atoms with E-state index in [0.717, 1.165) is 70.3 Å². The predicted octanol–water partition coefficient (Wildman–Crippen LogP) is 6.89. The lowest BCUT2D eigenvalue weighted by atomic mass is 9.99. The van der Waals surface area contributed by atoms with Crippen LogP contribution in [0.4, 0.5) is 10.7 Å². The van der Waals surface area contributed by atoms with Crippen molar-refractivity contribution in [2.75, 3.05) is 11.1 Å². The fourth-order valence-corrected chi connectivity index (χ4v) is 7.45. The number of hydrogen-bond acceptors (Lipinski definition) is 6. The number of nitrogens with zero attached hydrogens (tertiary/aromatic N) is 1. The summed E-state index contributed by atoms with van der Waals surface area (Å²) in [5.74, 6) is -0.866. The molecular weight excluding hydrogens is 512 g/mol. The number of carbonyl (C=O) groups is 2. The van der Waals surface area contributed by atoms with Crippen molar-refractivity contribution in [1.29, 1.82) is 0 Å². The lowest BCUT2D eigenvalue weighted by Gasteiger charge is -2.09. The van der Waals surface area contributed by atoms with Crippen LogP contribution < -0.4 is 16.8 Å². The Morgan fingerprint density at radius 2 is 1.55 bits per heavy atom. The van der Waals surface area contributed by atoms with Gasteiger partial charge < -0.3 is 16.8 Å². The van der Waals surface area contributed by atoms with Gasteiger partial charge in [-0.05, 0) is 48.4 Å². The molecule has 0 spiro atoms. The van der Waals surface area contributed by atoms with E-state index in [4.69, 9.17) is 16.5 Å². The summed E-state index contributed by atoms with van der Waals surface area (Å²) < 4.78 is 0. The molecule has 6 nitrogen and oxygen atoms in total. The van der Waals surface area contributed by atoms with Gasteiger partial charge in [-0.25, -0.2) is 4.98 Å². The van der Waals surface area contributed by atoms with E-state index in [2.05, 4.69) is 5.32 Å². The second-order valence-corrected chi connectivity index (χ2v) is 11.5. The van der Waals surface area contributed by atoms with Gasteiger partial charge >= 0.3 is 0 Å². The zero-order valence-electron chi connectivity index (χ0n) is 20.6. The third-order valence-corrected chi connectivity index (χ3v) is 9.26. The molecule has 3 aromatic heterocycles. The van der Waals surface area contributed by atoms with Crippen LogP contribution in [0.25, 0.3) is 32.6 Å². The van der Waals surface area contributed by atoms with Gasteiger partial charge in [0.1, 0.15) is 14.7 Å². The molecule has 6 rings (SSSR count). The lowest BCUT2D eigenvalue weighted by molar-refractivity contribution is 0.100. The highest BCUT2D eigenvalue weighted by atomic mass is 32.1. The van der Waals surface area contributed by atoms with Crippen molar-refractivity contribution in [3.05, 3.63) is 87.6 Å². The van der Waals surface area contributed by atoms with E-state index >= 15 is 0 Å². The number of nitrogen functional groups attached to an aromatic ring is 1. The molecule has 0 bridgehead atoms. The van der Waals surface area contributed by atoms with Gasteiger partial charge in [0.05, 0.1) is 16.9 Å². The van der Waals surface area contributed by atoms with Crippen molar-refractivity contribution in [2.24, 2.45) is 5.73 Å². The number of thiophene rings is 2. The van der Waals surface area contributed by atoms with Gasteiger partial charge in [-0.2, -0.15) is 0 Å². The molecule has 3 heterocycles. The topological polar surface area (TPSA) is 111 Å². The molecule has 0 saturated heterocycles. The third kappa shape index (κ3) is 4.36. The molecule has 5 N–H and O–H groups in total. The Hall–Kier alpha value is -4.01. The summed E-state index contributed by atoms with van der Waals surface area (Å²) in [5, 5.41) is 4.23. The molecule has 0 atom stereocenters. The highest BCUT2D eigenvalue weighted by Gasteiger charge is 2.27. The van der Waals surface area contributed by atoms with Crippen LogP contribution in [0.1, 0.15) is 49.7 Å². The number of nitrogens with two attached hydrogens (primary N) is 2. The van der Waals surface area contributed by atoms with Crippen molar-refractivity contribution in [1.82, 2.24) is 4.98 Å². The SMILES string of the molecule is NC(=O)c1c(NC(=O)c2sc3nc(-c4ccccc4)cc(-c4ccccc4)c3c2N)sc2c1CCCCC2. The normalized spacial score (nSPS) is 13.2. The van der Waals surface area contributed by atoms with Crippen LogP contribution in [0.2, 0.25) is 0 Å². The summed E-state index contributed by atoms with van der Waals surface area (Å²) >= 11 is 2.72. The highest BCUT2D eigenvalue weighted by Crippen LogP contribution is 2.43. The number of hydrogen-bond donors (Lipinski definition) is 3. The summed E-state index contributed by atoms with van der Waals surface area (Å²) in [7, 11) is 0. The molecule has 2 amide bonds. The molecule has 8 heteroatoms. The highest BCUT2D eigenvalue weighted by molar-refractivity contribution is 7.21. The zero-order chi connectivity index (χ0) is 26.2. The minimum absolute atomic E-state index is 0.357. The quantitative estimate of drug-likeness (QED) is 0.211. The summed E-state index contributed by atoms with van der Waals surface area (Å²) in [6.07, 6.45) is 4.91. The number of aryl methyl sites for hydroxylation is 1. The molecule has 190 valence electrons. The van der Waals surface area contributed by atoms with Crippen LogP contribution >= 0.6 is 22.7 Å². The van der Waals surface area contributed by atoms with E-state index in [1.54, 1.807) is 0 Å². The Kier molecular flexibility index (Phi) is 6.43. The molecule has 1 aliphatic carbocycles. The molecule has 0 saturated carbocycles. The van der Waals surface area contributed by atoms with Crippen molar-refractivity contribution < 1.29 is 9.59 Å². The van der Waals surface area contributed by atoms with Crippen molar-refractivity contribution in [3.63, 3.8) is 0 Å². The maximum atomic E-state index is 13.6. The van der Waals surface area contributed by atoms with E-state index in [0.29, 0.717) is 26.0 Å². The minimum Gasteiger partial charge on any atom is -0.397 e. The van der Waals surface area contributed by atoms with Crippen LogP contribution in [0.5, 0.6) is 0 Å². The smallest absolute Gasteiger partial charge is 0.268 e. The second-order valence-electron chi connectivity index (χ2n) is 9.40. The van der Waals surface area contributed by atoms with Crippen LogP contribution in [-0.4, -0.2) is 16.8 Å². The number of rotatable bonds is 5. The summed E-state index contributed by atoms with van der Waals surface area (Å²) in [6.45, 7) is 0. The number of carbonyl (C=O) groups excluding carboxylic acids is 2. The van der Waals surface area contributed by atoms with Gasteiger partial charge in [0.2, 0.25) is 0 Å². The van der Waals surface area contributed by atoms with E-state index in [9.17, 15) is 9.59 Å². The van der Waals surface area contributed by atoms with Crippen LogP contribution in [0.3, 0.4) is 0 Å². The number of amides is 2. The summed E-state index contributed by atoms with van der Waals surface area (Å²) in [5.41, 5.74) is 17.9. The standard InChI is InChI=1S/C30H26N4O2S2/c31-25-23-20(17-10-4-1-5-11-17)16-21(18-12-6-2-7-13-18)33-29(23)38-26(25)28(36)34-30-24(27(32)35)19-14-8-3-9-15-22(19)37-30/h1-2,4-7,10-13,16H,3,8-9,14-15,31H2,(H2,32,35)(H,34,36). The van der Waals surface area contributed by atoms with E-state index in [1.807, 2.05) is 66.7 Å². The van der Waals surface area contributed by atoms with Crippen molar-refractivity contribution in [2.45, 2.75) is 32.1 Å². The first-order valence-electron chi connectivity index (χ1n) is 12.6. The fourth-order valence-electron chi connectivity index (χ4n) is 5.14. The number of benzene rings is 2. The number of primary amides is 1. The molecular formula is C30H26N4O2S2. The van der Waals surface area contributed by atoms with Gasteiger partial charge in [-0.1, -0.05) is 67.1 Å². The molecule has 0 unspecified atom stereocenters. The molecule has 2 aromatic carbocycles. The number of fused-ring (bicyclic) bond motifs is 2. The van der Waals surface area contributed by atoms with E-state index in [-0.39, 0.29) is 5.91 Å². The lowest BCUT2D eigenvalue weighted by Crippen LogP contribution is -2.18. The summed E-state index contributed by atoms with van der Waals surface area (Å²) in [6, 6.07) is 22.0. The maximum absolute atomic E-state index is 13.6. The largest absolute Gasteiger partial charge is 0.397 e. The second kappa shape index (κ2) is 10.0. The van der Waals surface area contributed by atoms with Gasteiger partial charge in [0.15, 0.2) is 0 Å². The number of nitrogens with one attached hydrogen (secondary N) is 1. The number of pyridine rings is 1. The molecule has 1 aliphatic rings. The van der Waals surface area contributed by atoms with Crippen molar-refractivity contribution in [3.8, 4) is 22.4 Å². The van der Waals surface area contributed by atoms with Crippen LogP contribution in [0.15, 0.2) is 66.7 Å². The number of anilines is 2. The first kappa shape index (κ1) is 24.3. The Bertz CT molecular complexity index is 1670. The fraction of sp³-hybridized carbons (Fsp3) is 0.167. The van der Waals surface area contributed by atoms with Gasteiger partial charge in [0, 0.05) is 15.8 Å². The van der Waals surface area contributed by atoms with Gasteiger partial charge in [-0.3, -0.25) is 9.59 Å². The first-order valence-corrected chi connectivity index (χ1v) is 14.2. The molecule has 5 aromatic rings. The minimum atomic E-state index is -0.510. The van der Waals surface area contributed by atoms with E-state index < -0.39 is 5.91 Å². The Balaban J connectivity index is 1.46. The van der Waals surface area contributed by atoms with Crippen LogP contribution in [-0.2, 0) is 12.8 Å². The van der Waals surface area contributed by atoms with E-state index in [1.165, 1.54) is 22.7 Å². The summed E-state index contributed by atoms with van der Waals surface area (Å²) in [4.78, 5) is 33.1. The maximum Gasteiger partial charge on any atom is 0.268 e. The Labute approximate surface area is 228 Å². The molecule has 0 fully saturated rings. The van der Waals surface area contributed by atoms with Gasteiger partial charge in [0.25, 0.3) is 11.8 Å². The Morgan fingerprint density at radius 1 is 0.868 bits per heavy atom. The monoisotopic (exact) mass is 538 g/mol. The molecule has 0 aliphatic heterocycles. The molecule has 0 radical (unpaired) electrons. The molecule has 38 heavy (non-hydrogen) atoms. The average Bonchev–Trinajstić information content (AvgIpc) is 3.36. The van der Waals surface area contributed by atoms with Crippen molar-refractivity contribution >= 4 is 55.4 Å². The average molecular weight is 539 g/mol. The van der Waals surface area contributed by atoms with Crippen LogP contribution in [0, 0.1) is 0 Å². The van der Waals surface area contributed by atoms with Gasteiger partial charge in [-0.15, -0.1) is 22.7 Å².